The number of carbonyl (C=O) groups excluding carboxylic acids is 1. The minimum Gasteiger partial charge on any atom is -0.491 e. The normalized spacial score (nSPS) is 13.2. The maximum Gasteiger partial charge on any atom is 0.256 e. The highest BCUT2D eigenvalue weighted by Crippen LogP contribution is 2.25. The summed E-state index contributed by atoms with van der Waals surface area (Å²) in [5.41, 5.74) is 2.38. The first-order valence-electron chi connectivity index (χ1n) is 10.7. The van der Waals surface area contributed by atoms with Crippen LogP contribution in [0.3, 0.4) is 0 Å². The summed E-state index contributed by atoms with van der Waals surface area (Å²) in [4.78, 5) is 26.2. The van der Waals surface area contributed by atoms with Crippen LogP contribution < -0.4 is 15.4 Å². The molecule has 0 saturated heterocycles. The van der Waals surface area contributed by atoms with Crippen LogP contribution in [-0.2, 0) is 13.1 Å². The number of hydrogen-bond donors (Lipinski definition) is 2. The van der Waals surface area contributed by atoms with Crippen LogP contribution in [0.5, 0.6) is 5.75 Å². The van der Waals surface area contributed by atoms with E-state index in [1.807, 2.05) is 32.2 Å². The molecule has 0 unspecified atom stereocenters. The quantitative estimate of drug-likeness (QED) is 0.504. The molecule has 32 heavy (non-hydrogen) atoms. The first-order valence-corrected chi connectivity index (χ1v) is 10.7. The molecular formula is C24H24N6O2. The molecule has 5 rings (SSSR count). The fourth-order valence-electron chi connectivity index (χ4n) is 3.79. The van der Waals surface area contributed by atoms with E-state index in [2.05, 4.69) is 30.2 Å². The molecule has 0 fully saturated rings. The van der Waals surface area contributed by atoms with Crippen LogP contribution in [0.2, 0.25) is 0 Å². The van der Waals surface area contributed by atoms with Crippen LogP contribution in [0.4, 0.5) is 5.82 Å². The summed E-state index contributed by atoms with van der Waals surface area (Å²) in [6.07, 6.45) is 5.47. The topological polar surface area (TPSA) is 94.0 Å². The second-order valence-corrected chi connectivity index (χ2v) is 8.02. The number of nitrogens with one attached hydrogen (secondary N) is 2. The van der Waals surface area contributed by atoms with Gasteiger partial charge in [0.25, 0.3) is 5.91 Å². The number of hydrogen-bond acceptors (Lipinski definition) is 6. The minimum atomic E-state index is -0.223. The zero-order valence-corrected chi connectivity index (χ0v) is 18.0. The Hall–Kier alpha value is -3.78. The smallest absolute Gasteiger partial charge is 0.256 e. The molecule has 0 atom stereocenters. The van der Waals surface area contributed by atoms with E-state index in [9.17, 15) is 4.79 Å². The van der Waals surface area contributed by atoms with E-state index >= 15 is 0 Å². The van der Waals surface area contributed by atoms with Gasteiger partial charge in [-0.3, -0.25) is 9.78 Å². The lowest BCUT2D eigenvalue weighted by atomic mass is 10.1. The predicted molar refractivity (Wildman–Crippen MR) is 123 cm³/mol. The lowest BCUT2D eigenvalue weighted by Gasteiger charge is -2.17. The van der Waals surface area contributed by atoms with E-state index in [1.165, 1.54) is 0 Å². The summed E-state index contributed by atoms with van der Waals surface area (Å²) in [7, 11) is 0. The second kappa shape index (κ2) is 8.39. The third kappa shape index (κ3) is 4.04. The van der Waals surface area contributed by atoms with Crippen molar-refractivity contribution in [1.82, 2.24) is 24.8 Å². The summed E-state index contributed by atoms with van der Waals surface area (Å²) in [5, 5.41) is 8.06. The van der Waals surface area contributed by atoms with Gasteiger partial charge in [0.15, 0.2) is 0 Å². The lowest BCUT2D eigenvalue weighted by molar-refractivity contribution is 0.102. The molecule has 4 aromatic rings. The van der Waals surface area contributed by atoms with Gasteiger partial charge in [-0.1, -0.05) is 0 Å². The number of ether oxygens (including phenoxy) is 1. The Morgan fingerprint density at radius 2 is 1.88 bits per heavy atom. The van der Waals surface area contributed by atoms with Crippen molar-refractivity contribution in [2.24, 2.45) is 0 Å². The van der Waals surface area contributed by atoms with Crippen molar-refractivity contribution in [2.45, 2.75) is 33.0 Å². The van der Waals surface area contributed by atoms with E-state index in [0.29, 0.717) is 11.4 Å². The number of benzene rings is 1. The van der Waals surface area contributed by atoms with Crippen molar-refractivity contribution < 1.29 is 9.53 Å². The fourth-order valence-corrected chi connectivity index (χ4v) is 3.79. The number of anilines is 1. The number of aromatic nitrogens is 4. The van der Waals surface area contributed by atoms with Gasteiger partial charge in [-0.25, -0.2) is 9.97 Å². The molecule has 1 aliphatic heterocycles. The summed E-state index contributed by atoms with van der Waals surface area (Å²) in [6, 6.07) is 11.0. The summed E-state index contributed by atoms with van der Waals surface area (Å²) in [5.74, 6) is 2.01. The molecule has 2 N–H and O–H groups in total. The molecule has 1 aromatic carbocycles. The number of rotatable bonds is 5. The molecular weight excluding hydrogens is 404 g/mol. The first-order chi connectivity index (χ1) is 15.6. The van der Waals surface area contributed by atoms with E-state index in [0.717, 1.165) is 53.4 Å². The number of imidazole rings is 1. The SMILES string of the molecule is CC(C)Oc1ccc(C(=O)Nc2cc3cc(-c4cnc5n4CCNC5)ncc3cn2)cc1. The highest BCUT2D eigenvalue weighted by Gasteiger charge is 2.16. The monoisotopic (exact) mass is 428 g/mol. The van der Waals surface area contributed by atoms with Crippen LogP contribution in [0, 0.1) is 0 Å². The predicted octanol–water partition coefficient (Wildman–Crippen LogP) is 3.64. The Morgan fingerprint density at radius 3 is 2.69 bits per heavy atom. The number of carbonyl (C=O) groups is 1. The third-order valence-corrected chi connectivity index (χ3v) is 5.33. The van der Waals surface area contributed by atoms with Crippen molar-refractivity contribution in [1.29, 1.82) is 0 Å². The molecule has 1 amide bonds. The average Bonchev–Trinajstić information content (AvgIpc) is 3.23. The van der Waals surface area contributed by atoms with Gasteiger partial charge in [0.2, 0.25) is 0 Å². The average molecular weight is 428 g/mol. The van der Waals surface area contributed by atoms with Crippen molar-refractivity contribution in [3.63, 3.8) is 0 Å². The first kappa shape index (κ1) is 20.1. The maximum absolute atomic E-state index is 12.7. The number of pyridine rings is 2. The Kier molecular flexibility index (Phi) is 5.28. The number of fused-ring (bicyclic) bond motifs is 2. The maximum atomic E-state index is 12.7. The van der Waals surface area contributed by atoms with Crippen LogP contribution in [0.15, 0.2) is 55.0 Å². The van der Waals surface area contributed by atoms with Gasteiger partial charge < -0.3 is 19.9 Å². The van der Waals surface area contributed by atoms with Crippen LogP contribution in [0.25, 0.3) is 22.2 Å². The largest absolute Gasteiger partial charge is 0.491 e. The van der Waals surface area contributed by atoms with Gasteiger partial charge in [0, 0.05) is 36.4 Å². The van der Waals surface area contributed by atoms with Crippen LogP contribution >= 0.6 is 0 Å². The molecule has 3 aromatic heterocycles. The molecule has 0 spiro atoms. The van der Waals surface area contributed by atoms with Crippen molar-refractivity contribution >= 4 is 22.5 Å². The number of amides is 1. The van der Waals surface area contributed by atoms with Crippen LogP contribution in [-0.4, -0.2) is 38.1 Å². The second-order valence-electron chi connectivity index (χ2n) is 8.02. The fraction of sp³-hybridized carbons (Fsp3) is 0.250. The molecule has 0 saturated carbocycles. The third-order valence-electron chi connectivity index (χ3n) is 5.33. The van der Waals surface area contributed by atoms with Crippen molar-refractivity contribution in [2.75, 3.05) is 11.9 Å². The zero-order valence-electron chi connectivity index (χ0n) is 18.0. The Morgan fingerprint density at radius 1 is 1.06 bits per heavy atom. The molecule has 0 aliphatic carbocycles. The van der Waals surface area contributed by atoms with Gasteiger partial charge in [-0.05, 0) is 55.6 Å². The summed E-state index contributed by atoms with van der Waals surface area (Å²) < 4.78 is 7.83. The van der Waals surface area contributed by atoms with Gasteiger partial charge in [0.1, 0.15) is 17.4 Å². The van der Waals surface area contributed by atoms with Crippen LogP contribution in [0.1, 0.15) is 30.0 Å². The number of nitrogens with zero attached hydrogens (tertiary/aromatic N) is 4. The standard InChI is InChI=1S/C24H24N6O2/c1-15(2)32-19-5-3-16(4-6-19)24(31)29-22-10-17-9-20(26-11-18(17)12-27-22)21-13-28-23-14-25-7-8-30(21)23/h3-6,9-13,15,25H,7-8,14H2,1-2H3,(H,27,29,31). The van der Waals surface area contributed by atoms with E-state index in [-0.39, 0.29) is 12.0 Å². The molecule has 4 heterocycles. The molecule has 8 heteroatoms. The zero-order chi connectivity index (χ0) is 22.1. The molecule has 0 radical (unpaired) electrons. The highest BCUT2D eigenvalue weighted by molar-refractivity contribution is 6.04. The van der Waals surface area contributed by atoms with Gasteiger partial charge in [-0.15, -0.1) is 0 Å². The summed E-state index contributed by atoms with van der Waals surface area (Å²) >= 11 is 0. The molecule has 8 nitrogen and oxygen atoms in total. The Bertz CT molecular complexity index is 1280. The molecule has 0 bridgehead atoms. The molecule has 1 aliphatic rings. The van der Waals surface area contributed by atoms with Gasteiger partial charge in [0.05, 0.1) is 30.2 Å². The van der Waals surface area contributed by atoms with E-state index < -0.39 is 0 Å². The molecule has 162 valence electrons. The van der Waals surface area contributed by atoms with Crippen molar-refractivity contribution in [3.8, 4) is 17.1 Å². The van der Waals surface area contributed by atoms with E-state index in [4.69, 9.17) is 4.74 Å². The van der Waals surface area contributed by atoms with E-state index in [1.54, 1.807) is 36.7 Å². The van der Waals surface area contributed by atoms with Gasteiger partial charge in [-0.2, -0.15) is 0 Å². The Balaban J connectivity index is 1.38. The Labute approximate surface area is 185 Å². The minimum absolute atomic E-state index is 0.0839. The van der Waals surface area contributed by atoms with Crippen molar-refractivity contribution in [3.05, 3.63) is 66.4 Å². The van der Waals surface area contributed by atoms with Gasteiger partial charge >= 0.3 is 0 Å². The lowest BCUT2D eigenvalue weighted by Crippen LogP contribution is -2.28. The highest BCUT2D eigenvalue weighted by atomic mass is 16.5. The summed E-state index contributed by atoms with van der Waals surface area (Å²) in [6.45, 7) is 6.47.